The third-order valence-electron chi connectivity index (χ3n) is 3.38. The van der Waals surface area contributed by atoms with Crippen LogP contribution in [-0.4, -0.2) is 50.6 Å². The fourth-order valence-electron chi connectivity index (χ4n) is 2.21. The van der Waals surface area contributed by atoms with Crippen LogP contribution in [0.1, 0.15) is 33.1 Å². The van der Waals surface area contributed by atoms with Crippen LogP contribution in [0.5, 0.6) is 0 Å². The highest BCUT2D eigenvalue weighted by Gasteiger charge is 2.20. The van der Waals surface area contributed by atoms with E-state index in [1.807, 2.05) is 6.92 Å². The Kier molecular flexibility index (Phi) is 6.92. The van der Waals surface area contributed by atoms with Crippen molar-refractivity contribution >= 4 is 21.6 Å². The van der Waals surface area contributed by atoms with Gasteiger partial charge in [-0.05, 0) is 38.8 Å². The third kappa shape index (κ3) is 5.87. The van der Waals surface area contributed by atoms with Gasteiger partial charge in [0.05, 0.1) is 5.75 Å². The van der Waals surface area contributed by atoms with Crippen molar-refractivity contribution in [3.63, 3.8) is 0 Å². The van der Waals surface area contributed by atoms with E-state index in [0.717, 1.165) is 13.1 Å². The predicted molar refractivity (Wildman–Crippen MR) is 76.6 cm³/mol. The van der Waals surface area contributed by atoms with Crippen LogP contribution in [0.4, 0.5) is 0 Å². The fraction of sp³-hybridized carbons (Fsp3) is 1.00. The summed E-state index contributed by atoms with van der Waals surface area (Å²) >= 11 is 5.64. The molecule has 0 spiro atoms. The van der Waals surface area contributed by atoms with Crippen LogP contribution in [0.25, 0.3) is 0 Å². The monoisotopic (exact) mass is 296 g/mol. The Bertz CT molecular complexity index is 329. The molecule has 1 aliphatic rings. The van der Waals surface area contributed by atoms with Gasteiger partial charge in [-0.25, -0.2) is 13.1 Å². The van der Waals surface area contributed by atoms with Gasteiger partial charge in [0.25, 0.3) is 0 Å². The number of alkyl halides is 1. The van der Waals surface area contributed by atoms with Crippen molar-refractivity contribution < 1.29 is 8.42 Å². The SMILES string of the molecule is CC(CCl)CS(=O)(=O)NCC(C)N1CCCCC1. The molecule has 1 fully saturated rings. The first-order chi connectivity index (χ1) is 8.44. The zero-order chi connectivity index (χ0) is 13.6. The standard InChI is InChI=1S/C12H25ClN2O2S/c1-11(8-13)10-18(16,17)14-9-12(2)15-6-4-3-5-7-15/h11-12,14H,3-10H2,1-2H3. The topological polar surface area (TPSA) is 49.4 Å². The molecular weight excluding hydrogens is 272 g/mol. The summed E-state index contributed by atoms with van der Waals surface area (Å²) in [5.41, 5.74) is 0. The van der Waals surface area contributed by atoms with Crippen molar-refractivity contribution in [2.45, 2.75) is 39.2 Å². The van der Waals surface area contributed by atoms with Crippen molar-refractivity contribution in [1.29, 1.82) is 0 Å². The van der Waals surface area contributed by atoms with E-state index in [0.29, 0.717) is 12.4 Å². The van der Waals surface area contributed by atoms with Crippen molar-refractivity contribution in [3.05, 3.63) is 0 Å². The first kappa shape index (κ1) is 16.2. The fourth-order valence-corrected chi connectivity index (χ4v) is 3.93. The molecule has 1 rings (SSSR count). The molecule has 1 N–H and O–H groups in total. The Morgan fingerprint density at radius 2 is 1.83 bits per heavy atom. The van der Waals surface area contributed by atoms with Crippen LogP contribution < -0.4 is 4.72 Å². The molecule has 18 heavy (non-hydrogen) atoms. The number of nitrogens with zero attached hydrogens (tertiary/aromatic N) is 1. The Hall–Kier alpha value is 0.160. The lowest BCUT2D eigenvalue weighted by Gasteiger charge is -2.32. The third-order valence-corrected chi connectivity index (χ3v) is 5.52. The van der Waals surface area contributed by atoms with Crippen LogP contribution >= 0.6 is 11.6 Å². The molecule has 0 saturated carbocycles. The van der Waals surface area contributed by atoms with Gasteiger partial charge in [-0.2, -0.15) is 0 Å². The summed E-state index contributed by atoms with van der Waals surface area (Å²) in [6, 6.07) is 0.270. The van der Waals surface area contributed by atoms with Gasteiger partial charge in [-0.3, -0.25) is 4.90 Å². The molecule has 0 aliphatic carbocycles. The lowest BCUT2D eigenvalue weighted by molar-refractivity contribution is 0.175. The summed E-state index contributed by atoms with van der Waals surface area (Å²) in [5.74, 6) is 0.487. The zero-order valence-corrected chi connectivity index (χ0v) is 12.9. The second-order valence-corrected chi connectivity index (χ2v) is 7.50. The molecule has 6 heteroatoms. The van der Waals surface area contributed by atoms with E-state index in [1.54, 1.807) is 0 Å². The average molecular weight is 297 g/mol. The molecule has 0 bridgehead atoms. The first-order valence-electron chi connectivity index (χ1n) is 6.72. The molecule has 1 aliphatic heterocycles. The highest BCUT2D eigenvalue weighted by molar-refractivity contribution is 7.89. The van der Waals surface area contributed by atoms with E-state index in [-0.39, 0.29) is 17.7 Å². The van der Waals surface area contributed by atoms with Crippen molar-refractivity contribution in [2.75, 3.05) is 31.3 Å². The summed E-state index contributed by atoms with van der Waals surface area (Å²) in [5, 5.41) is 0. The molecule has 1 heterocycles. The van der Waals surface area contributed by atoms with Crippen LogP contribution in [0.2, 0.25) is 0 Å². The van der Waals surface area contributed by atoms with Crippen LogP contribution in [0.15, 0.2) is 0 Å². The Morgan fingerprint density at radius 1 is 1.22 bits per heavy atom. The molecule has 4 nitrogen and oxygen atoms in total. The average Bonchev–Trinajstić information content (AvgIpc) is 2.36. The van der Waals surface area contributed by atoms with E-state index < -0.39 is 10.0 Å². The number of piperidine rings is 1. The molecule has 0 amide bonds. The minimum absolute atomic E-state index is 0.00513. The minimum Gasteiger partial charge on any atom is -0.299 e. The maximum atomic E-state index is 11.8. The van der Waals surface area contributed by atoms with E-state index in [4.69, 9.17) is 11.6 Å². The second-order valence-electron chi connectivity index (χ2n) is 5.34. The maximum Gasteiger partial charge on any atom is 0.211 e. The second kappa shape index (κ2) is 7.68. The zero-order valence-electron chi connectivity index (χ0n) is 11.4. The summed E-state index contributed by atoms with van der Waals surface area (Å²) in [7, 11) is -3.19. The summed E-state index contributed by atoms with van der Waals surface area (Å²) in [6.45, 7) is 6.60. The van der Waals surface area contributed by atoms with Gasteiger partial charge in [0.1, 0.15) is 0 Å². The van der Waals surface area contributed by atoms with Crippen LogP contribution in [0, 0.1) is 5.92 Å². The Labute approximate surface area is 116 Å². The smallest absolute Gasteiger partial charge is 0.211 e. The molecule has 2 unspecified atom stereocenters. The normalized spacial score (nSPS) is 21.7. The summed E-state index contributed by atoms with van der Waals surface area (Å²) in [4.78, 5) is 2.36. The number of halogens is 1. The first-order valence-corrected chi connectivity index (χ1v) is 8.90. The van der Waals surface area contributed by atoms with Gasteiger partial charge in [-0.15, -0.1) is 11.6 Å². The van der Waals surface area contributed by atoms with Gasteiger partial charge in [0.2, 0.25) is 10.0 Å². The summed E-state index contributed by atoms with van der Waals surface area (Å²) in [6.07, 6.45) is 3.74. The molecule has 108 valence electrons. The quantitative estimate of drug-likeness (QED) is 0.727. The number of likely N-dealkylation sites (tertiary alicyclic amines) is 1. The number of hydrogen-bond donors (Lipinski definition) is 1. The molecule has 1 saturated heterocycles. The van der Waals surface area contributed by atoms with Gasteiger partial charge < -0.3 is 0 Å². The largest absolute Gasteiger partial charge is 0.299 e. The lowest BCUT2D eigenvalue weighted by atomic mass is 10.1. The highest BCUT2D eigenvalue weighted by atomic mass is 35.5. The Morgan fingerprint density at radius 3 is 2.39 bits per heavy atom. The molecule has 0 aromatic carbocycles. The highest BCUT2D eigenvalue weighted by Crippen LogP contribution is 2.11. The van der Waals surface area contributed by atoms with Crippen LogP contribution in [0.3, 0.4) is 0 Å². The maximum absolute atomic E-state index is 11.8. The van der Waals surface area contributed by atoms with E-state index >= 15 is 0 Å². The number of nitrogens with one attached hydrogen (secondary N) is 1. The molecule has 0 radical (unpaired) electrons. The van der Waals surface area contributed by atoms with E-state index in [9.17, 15) is 8.42 Å². The Balaban J connectivity index is 2.34. The molecule has 0 aromatic rings. The van der Waals surface area contributed by atoms with Crippen molar-refractivity contribution in [1.82, 2.24) is 9.62 Å². The lowest BCUT2D eigenvalue weighted by Crippen LogP contribution is -2.45. The number of sulfonamides is 1. The van der Waals surface area contributed by atoms with Gasteiger partial charge in [-0.1, -0.05) is 13.3 Å². The van der Waals surface area contributed by atoms with E-state index in [2.05, 4.69) is 16.5 Å². The summed E-state index contributed by atoms with van der Waals surface area (Å²) < 4.78 is 26.3. The van der Waals surface area contributed by atoms with Gasteiger partial charge in [0.15, 0.2) is 0 Å². The molecule has 2 atom stereocenters. The number of hydrogen-bond acceptors (Lipinski definition) is 3. The number of rotatable bonds is 7. The van der Waals surface area contributed by atoms with Crippen LogP contribution in [-0.2, 0) is 10.0 Å². The predicted octanol–water partition coefficient (Wildman–Crippen LogP) is 1.66. The molecular formula is C12H25ClN2O2S. The van der Waals surface area contributed by atoms with Gasteiger partial charge in [0, 0.05) is 18.5 Å². The van der Waals surface area contributed by atoms with Crippen molar-refractivity contribution in [2.24, 2.45) is 5.92 Å². The van der Waals surface area contributed by atoms with Gasteiger partial charge >= 0.3 is 0 Å². The molecule has 0 aromatic heterocycles. The van der Waals surface area contributed by atoms with Crippen molar-refractivity contribution in [3.8, 4) is 0 Å². The van der Waals surface area contributed by atoms with E-state index in [1.165, 1.54) is 19.3 Å². The minimum atomic E-state index is -3.19.